The molecular formula is C17H32. The van der Waals surface area contributed by atoms with Crippen molar-refractivity contribution in [2.45, 2.75) is 79.1 Å². The maximum absolute atomic E-state index is 2.44. The predicted molar refractivity (Wildman–Crippen MR) is 78.2 cm³/mol. The molecule has 0 N–H and O–H groups in total. The van der Waals surface area contributed by atoms with Crippen molar-refractivity contribution >= 4 is 0 Å². The smallest absolute Gasteiger partial charge is 0.0203 e. The van der Waals surface area contributed by atoms with Gasteiger partial charge in [0.15, 0.2) is 0 Å². The van der Waals surface area contributed by atoms with Crippen LogP contribution in [0, 0.1) is 17.8 Å². The SMILES string of the molecule is CC=C(CC(C)CCCCCC)C(C)C1CC1. The molecular weight excluding hydrogens is 204 g/mol. The molecule has 0 nitrogen and oxygen atoms in total. The van der Waals surface area contributed by atoms with Gasteiger partial charge in [-0.3, -0.25) is 0 Å². The number of unbranched alkanes of at least 4 members (excludes halogenated alkanes) is 3. The highest BCUT2D eigenvalue weighted by molar-refractivity contribution is 5.09. The molecule has 2 unspecified atom stereocenters. The molecule has 1 aliphatic rings. The molecule has 0 aromatic heterocycles. The summed E-state index contributed by atoms with van der Waals surface area (Å²) in [5.41, 5.74) is 1.73. The molecule has 0 radical (unpaired) electrons. The summed E-state index contributed by atoms with van der Waals surface area (Å²) in [6, 6.07) is 0. The summed E-state index contributed by atoms with van der Waals surface area (Å²) >= 11 is 0. The summed E-state index contributed by atoms with van der Waals surface area (Å²) < 4.78 is 0. The molecule has 0 aromatic carbocycles. The number of hydrogen-bond donors (Lipinski definition) is 0. The van der Waals surface area contributed by atoms with Gasteiger partial charge in [-0.25, -0.2) is 0 Å². The first-order valence-corrected chi connectivity index (χ1v) is 7.84. The molecule has 17 heavy (non-hydrogen) atoms. The first kappa shape index (κ1) is 14.8. The van der Waals surface area contributed by atoms with Gasteiger partial charge in [0.1, 0.15) is 0 Å². The molecule has 1 rings (SSSR count). The Labute approximate surface area is 109 Å². The van der Waals surface area contributed by atoms with Gasteiger partial charge in [-0.15, -0.1) is 0 Å². The van der Waals surface area contributed by atoms with E-state index in [9.17, 15) is 0 Å². The quantitative estimate of drug-likeness (QED) is 0.341. The van der Waals surface area contributed by atoms with E-state index in [0.29, 0.717) is 0 Å². The second-order valence-electron chi connectivity index (χ2n) is 6.15. The Bertz CT molecular complexity index is 222. The Morgan fingerprint density at radius 2 is 1.88 bits per heavy atom. The first-order chi connectivity index (χ1) is 8.19. The van der Waals surface area contributed by atoms with Crippen LogP contribution in [0.1, 0.15) is 79.1 Å². The van der Waals surface area contributed by atoms with E-state index < -0.39 is 0 Å². The highest BCUT2D eigenvalue weighted by atomic mass is 14.3. The lowest BCUT2D eigenvalue weighted by molar-refractivity contribution is 0.452. The van der Waals surface area contributed by atoms with E-state index in [1.165, 1.54) is 51.4 Å². The standard InChI is InChI=1S/C17H32/c1-5-7-8-9-10-14(3)13-16(6-2)15(4)17-11-12-17/h6,14-15,17H,5,7-13H2,1-4H3. The molecule has 0 saturated heterocycles. The van der Waals surface area contributed by atoms with Gasteiger partial charge in [0.2, 0.25) is 0 Å². The van der Waals surface area contributed by atoms with Crippen LogP contribution >= 0.6 is 0 Å². The highest BCUT2D eigenvalue weighted by Gasteiger charge is 2.30. The van der Waals surface area contributed by atoms with Gasteiger partial charge in [-0.2, -0.15) is 0 Å². The zero-order valence-electron chi connectivity index (χ0n) is 12.5. The van der Waals surface area contributed by atoms with Crippen molar-refractivity contribution in [1.29, 1.82) is 0 Å². The third kappa shape index (κ3) is 5.75. The molecule has 0 amide bonds. The maximum Gasteiger partial charge on any atom is -0.0203 e. The van der Waals surface area contributed by atoms with Crippen LogP contribution in [0.2, 0.25) is 0 Å². The summed E-state index contributed by atoms with van der Waals surface area (Å²) in [5.74, 6) is 2.77. The Hall–Kier alpha value is -0.260. The minimum absolute atomic E-state index is 0.859. The predicted octanol–water partition coefficient (Wildman–Crippen LogP) is 5.98. The first-order valence-electron chi connectivity index (χ1n) is 7.84. The third-order valence-electron chi connectivity index (χ3n) is 4.42. The van der Waals surface area contributed by atoms with Gasteiger partial charge in [0.25, 0.3) is 0 Å². The fraction of sp³-hybridized carbons (Fsp3) is 0.882. The highest BCUT2D eigenvalue weighted by Crippen LogP contribution is 2.41. The van der Waals surface area contributed by atoms with Crippen molar-refractivity contribution in [1.82, 2.24) is 0 Å². The molecule has 0 aromatic rings. The lowest BCUT2D eigenvalue weighted by Crippen LogP contribution is -2.06. The number of hydrogen-bond acceptors (Lipinski definition) is 0. The van der Waals surface area contributed by atoms with E-state index in [1.54, 1.807) is 5.57 Å². The van der Waals surface area contributed by atoms with Crippen molar-refractivity contribution < 1.29 is 0 Å². The summed E-state index contributed by atoms with van der Waals surface area (Å²) in [4.78, 5) is 0. The molecule has 100 valence electrons. The van der Waals surface area contributed by atoms with Crippen molar-refractivity contribution in [2.75, 3.05) is 0 Å². The van der Waals surface area contributed by atoms with Crippen LogP contribution in [0.25, 0.3) is 0 Å². The maximum atomic E-state index is 2.44. The summed E-state index contributed by atoms with van der Waals surface area (Å²) in [5, 5.41) is 0. The normalized spacial score (nSPS) is 20.4. The average Bonchev–Trinajstić information content (AvgIpc) is 3.15. The van der Waals surface area contributed by atoms with E-state index >= 15 is 0 Å². The zero-order chi connectivity index (χ0) is 12.7. The fourth-order valence-electron chi connectivity index (χ4n) is 2.89. The van der Waals surface area contributed by atoms with Crippen LogP contribution in [-0.4, -0.2) is 0 Å². The van der Waals surface area contributed by atoms with E-state index in [1.807, 2.05) is 0 Å². The fourth-order valence-corrected chi connectivity index (χ4v) is 2.89. The van der Waals surface area contributed by atoms with Crippen LogP contribution in [0.15, 0.2) is 11.6 Å². The number of rotatable bonds is 9. The molecule has 0 spiro atoms. The molecule has 1 fully saturated rings. The monoisotopic (exact) mass is 236 g/mol. The Morgan fingerprint density at radius 1 is 1.18 bits per heavy atom. The Morgan fingerprint density at radius 3 is 2.41 bits per heavy atom. The van der Waals surface area contributed by atoms with E-state index in [2.05, 4.69) is 33.8 Å². The minimum Gasteiger partial charge on any atom is -0.0882 e. The van der Waals surface area contributed by atoms with Crippen molar-refractivity contribution in [3.63, 3.8) is 0 Å². The summed E-state index contributed by atoms with van der Waals surface area (Å²) in [7, 11) is 0. The molecule has 1 saturated carbocycles. The van der Waals surface area contributed by atoms with Crippen LogP contribution in [-0.2, 0) is 0 Å². The third-order valence-corrected chi connectivity index (χ3v) is 4.42. The van der Waals surface area contributed by atoms with Crippen molar-refractivity contribution in [3.8, 4) is 0 Å². The van der Waals surface area contributed by atoms with Gasteiger partial charge < -0.3 is 0 Å². The minimum atomic E-state index is 0.859. The van der Waals surface area contributed by atoms with Gasteiger partial charge >= 0.3 is 0 Å². The van der Waals surface area contributed by atoms with E-state index in [0.717, 1.165) is 17.8 Å². The van der Waals surface area contributed by atoms with Crippen LogP contribution in [0.3, 0.4) is 0 Å². The van der Waals surface area contributed by atoms with Gasteiger partial charge in [-0.1, -0.05) is 64.5 Å². The second-order valence-corrected chi connectivity index (χ2v) is 6.15. The molecule has 0 heterocycles. The molecule has 0 heteroatoms. The molecule has 1 aliphatic carbocycles. The van der Waals surface area contributed by atoms with E-state index in [-0.39, 0.29) is 0 Å². The lowest BCUT2D eigenvalue weighted by atomic mass is 9.86. The van der Waals surface area contributed by atoms with Crippen LogP contribution in [0.5, 0.6) is 0 Å². The zero-order valence-corrected chi connectivity index (χ0v) is 12.5. The molecule has 0 aliphatic heterocycles. The van der Waals surface area contributed by atoms with Gasteiger partial charge in [0.05, 0.1) is 0 Å². The van der Waals surface area contributed by atoms with Crippen molar-refractivity contribution in [2.24, 2.45) is 17.8 Å². The number of allylic oxidation sites excluding steroid dienone is 2. The average molecular weight is 236 g/mol. The van der Waals surface area contributed by atoms with Crippen molar-refractivity contribution in [3.05, 3.63) is 11.6 Å². The van der Waals surface area contributed by atoms with Crippen LogP contribution < -0.4 is 0 Å². The Kier molecular flexibility index (Phi) is 6.92. The summed E-state index contributed by atoms with van der Waals surface area (Å²) in [6.07, 6.45) is 13.8. The summed E-state index contributed by atoms with van der Waals surface area (Å²) in [6.45, 7) is 9.41. The Balaban J connectivity index is 2.20. The van der Waals surface area contributed by atoms with Gasteiger partial charge in [-0.05, 0) is 43.9 Å². The van der Waals surface area contributed by atoms with Crippen LogP contribution in [0.4, 0.5) is 0 Å². The largest absolute Gasteiger partial charge is 0.0882 e. The lowest BCUT2D eigenvalue weighted by Gasteiger charge is -2.19. The molecule has 0 bridgehead atoms. The molecule has 2 atom stereocenters. The second kappa shape index (κ2) is 7.95. The van der Waals surface area contributed by atoms with E-state index in [4.69, 9.17) is 0 Å². The van der Waals surface area contributed by atoms with Gasteiger partial charge in [0, 0.05) is 0 Å². The topological polar surface area (TPSA) is 0 Å².